The summed E-state index contributed by atoms with van der Waals surface area (Å²) in [6.45, 7) is 0. The quantitative estimate of drug-likeness (QED) is 0.129. The van der Waals surface area contributed by atoms with E-state index in [2.05, 4.69) is 28.9 Å². The Morgan fingerprint density at radius 1 is 0.750 bits per heavy atom. The zero-order valence-corrected chi connectivity index (χ0v) is 8.91. The van der Waals surface area contributed by atoms with Crippen LogP contribution in [0.15, 0.2) is 0 Å². The molecule has 0 radical (unpaired) electrons. The Morgan fingerprint density at radius 3 is 1.19 bits per heavy atom. The molecule has 0 aliphatic rings. The molecule has 90 valence electrons. The normalized spacial score (nSPS) is 8.44. The zero-order chi connectivity index (χ0) is 12.6. The van der Waals surface area contributed by atoms with Crippen molar-refractivity contribution in [2.24, 2.45) is 17.5 Å². The number of nitrogens with one attached hydrogen (secondary N) is 3. The summed E-state index contributed by atoms with van der Waals surface area (Å²) >= 11 is -3.44. The fourth-order valence-corrected chi connectivity index (χ4v) is 1.31. The maximum Gasteiger partial charge on any atom is 1.21 e. The van der Waals surface area contributed by atoms with Gasteiger partial charge in [0.1, 0.15) is 0 Å². The topological polar surface area (TPSA) is 193 Å². The predicted octanol–water partition coefficient (Wildman–Crippen LogP) is -3.23. The summed E-state index contributed by atoms with van der Waals surface area (Å²) in [6, 6.07) is 0. The highest BCUT2D eigenvalue weighted by Crippen LogP contribution is 1.94. The number of hydrogen-bond acceptors (Lipinski definition) is 9. The molecule has 0 saturated carbocycles. The van der Waals surface area contributed by atoms with Crippen molar-refractivity contribution < 1.29 is 25.7 Å². The highest BCUT2D eigenvalue weighted by Gasteiger charge is 2.49. The first-order valence-corrected chi connectivity index (χ1v) is 4.96. The van der Waals surface area contributed by atoms with E-state index in [0.717, 1.165) is 0 Å². The first-order valence-electron chi connectivity index (χ1n) is 3.55. The van der Waals surface area contributed by atoms with Crippen molar-refractivity contribution in [3.63, 3.8) is 0 Å². The standard InChI is InChI=1S/3CH4N2O2.Al/c3*2-3-1(4)5;/h3*3H,2H2,(H,4,5);/q;;;+3/p-3. The molecule has 0 saturated heterocycles. The van der Waals surface area contributed by atoms with Gasteiger partial charge in [-0.25, -0.2) is 31.9 Å². The van der Waals surface area contributed by atoms with Gasteiger partial charge in [0, 0.05) is 0 Å². The highest BCUT2D eigenvalue weighted by atomic mass is 27.3. The summed E-state index contributed by atoms with van der Waals surface area (Å²) in [5, 5.41) is 0. The van der Waals surface area contributed by atoms with E-state index in [4.69, 9.17) is 0 Å². The molecule has 0 rings (SSSR count). The minimum atomic E-state index is -3.44. The van der Waals surface area contributed by atoms with Gasteiger partial charge in [0.2, 0.25) is 0 Å². The molecule has 0 atom stereocenters. The Balaban J connectivity index is 4.31. The molecule has 9 N–H and O–H groups in total. The van der Waals surface area contributed by atoms with Crippen LogP contribution in [0.4, 0.5) is 14.4 Å². The van der Waals surface area contributed by atoms with Crippen LogP contribution < -0.4 is 33.8 Å². The van der Waals surface area contributed by atoms with Gasteiger partial charge in [-0.15, -0.1) is 0 Å². The van der Waals surface area contributed by atoms with E-state index in [1.165, 1.54) is 0 Å². The molecule has 12 nitrogen and oxygen atoms in total. The monoisotopic (exact) mass is 252 g/mol. The molecule has 0 unspecified atom stereocenters. The molecule has 0 aliphatic heterocycles. The molecule has 0 spiro atoms. The van der Waals surface area contributed by atoms with Crippen molar-refractivity contribution in [3.8, 4) is 0 Å². The first kappa shape index (κ1) is 14.2. The largest absolute Gasteiger partial charge is 1.21 e. The van der Waals surface area contributed by atoms with Crippen molar-refractivity contribution in [2.45, 2.75) is 0 Å². The predicted molar refractivity (Wildman–Crippen MR) is 47.2 cm³/mol. The van der Waals surface area contributed by atoms with Crippen LogP contribution in [0.3, 0.4) is 0 Å². The molecule has 0 aromatic rings. The smallest absolute Gasteiger partial charge is 0.533 e. The van der Waals surface area contributed by atoms with Gasteiger partial charge in [-0.05, 0) is 0 Å². The van der Waals surface area contributed by atoms with Crippen LogP contribution in [0.1, 0.15) is 0 Å². The van der Waals surface area contributed by atoms with Crippen molar-refractivity contribution in [1.29, 1.82) is 0 Å². The van der Waals surface area contributed by atoms with E-state index in [-0.39, 0.29) is 0 Å². The van der Waals surface area contributed by atoms with Crippen LogP contribution in [0, 0.1) is 0 Å². The highest BCUT2D eigenvalue weighted by molar-refractivity contribution is 6.43. The lowest BCUT2D eigenvalue weighted by Crippen LogP contribution is -2.46. The Labute approximate surface area is 93.6 Å². The van der Waals surface area contributed by atoms with Crippen molar-refractivity contribution in [1.82, 2.24) is 16.3 Å². The fourth-order valence-electron chi connectivity index (χ4n) is 0.436. The van der Waals surface area contributed by atoms with E-state index < -0.39 is 33.4 Å². The van der Waals surface area contributed by atoms with Gasteiger partial charge in [0.05, 0.1) is 0 Å². The summed E-state index contributed by atoms with van der Waals surface area (Å²) < 4.78 is 13.0. The average Bonchev–Trinajstić information content (AvgIpc) is 2.28. The third kappa shape index (κ3) is 5.85. The number of hydrogen-bond donors (Lipinski definition) is 6. The second kappa shape index (κ2) is 7.51. The van der Waals surface area contributed by atoms with Crippen molar-refractivity contribution in [2.75, 3.05) is 0 Å². The van der Waals surface area contributed by atoms with Gasteiger partial charge in [-0.1, -0.05) is 0 Å². The van der Waals surface area contributed by atoms with Crippen molar-refractivity contribution >= 4 is 33.4 Å². The average molecular weight is 252 g/mol. The molecule has 0 aromatic carbocycles. The maximum atomic E-state index is 10.7. The van der Waals surface area contributed by atoms with Gasteiger partial charge < -0.3 is 11.4 Å². The van der Waals surface area contributed by atoms with Gasteiger partial charge in [0.15, 0.2) is 0 Å². The summed E-state index contributed by atoms with van der Waals surface area (Å²) in [5.41, 5.74) is 4.70. The molecule has 0 aromatic heterocycles. The van der Waals surface area contributed by atoms with Crippen molar-refractivity contribution in [3.05, 3.63) is 0 Å². The zero-order valence-electron chi connectivity index (χ0n) is 7.76. The van der Waals surface area contributed by atoms with E-state index in [9.17, 15) is 14.4 Å². The van der Waals surface area contributed by atoms with Crippen LogP contribution >= 0.6 is 0 Å². The molecule has 0 fully saturated rings. The van der Waals surface area contributed by atoms with Crippen LogP contribution in [0.5, 0.6) is 0 Å². The number of nitrogens with two attached hydrogens (primary N) is 3. The summed E-state index contributed by atoms with van der Waals surface area (Å²) in [7, 11) is 0. The van der Waals surface area contributed by atoms with E-state index in [0.29, 0.717) is 0 Å². The van der Waals surface area contributed by atoms with Gasteiger partial charge >= 0.3 is 33.4 Å². The summed E-state index contributed by atoms with van der Waals surface area (Å²) in [6.07, 6.45) is -3.48. The Bertz CT molecular complexity index is 230. The second-order valence-corrected chi connectivity index (χ2v) is 3.22. The van der Waals surface area contributed by atoms with E-state index >= 15 is 0 Å². The summed E-state index contributed by atoms with van der Waals surface area (Å²) in [5.74, 6) is 14.0. The first-order chi connectivity index (χ1) is 7.53. The van der Waals surface area contributed by atoms with Crippen LogP contribution in [-0.2, 0) is 11.4 Å². The molecule has 0 aliphatic carbocycles. The molecule has 0 bridgehead atoms. The number of rotatable bonds is 3. The number of carbonyl (C=O) groups excluding carboxylic acids is 3. The third-order valence-corrected chi connectivity index (χ3v) is 2.18. The molecule has 13 heteroatoms. The second-order valence-electron chi connectivity index (χ2n) is 1.94. The van der Waals surface area contributed by atoms with E-state index in [1.807, 2.05) is 0 Å². The fraction of sp³-hybridized carbons (Fsp3) is 0. The summed E-state index contributed by atoms with van der Waals surface area (Å²) in [4.78, 5) is 32.0. The van der Waals surface area contributed by atoms with Crippen LogP contribution in [0.25, 0.3) is 0 Å². The molecule has 0 heterocycles. The number of amides is 3. The Morgan fingerprint density at radius 2 is 1.00 bits per heavy atom. The minimum Gasteiger partial charge on any atom is -0.533 e. The Kier molecular flexibility index (Phi) is 6.67. The van der Waals surface area contributed by atoms with Crippen LogP contribution in [-0.4, -0.2) is 33.4 Å². The number of hydrazine groups is 3. The lowest BCUT2D eigenvalue weighted by atomic mass is 11.3. The lowest BCUT2D eigenvalue weighted by molar-refractivity contribution is 0.129. The molecular weight excluding hydrogens is 243 g/mol. The lowest BCUT2D eigenvalue weighted by Gasteiger charge is -2.11. The van der Waals surface area contributed by atoms with Gasteiger partial charge in [0.25, 0.3) is 0 Å². The van der Waals surface area contributed by atoms with Gasteiger partial charge in [-0.2, -0.15) is 0 Å². The number of carbonyl (C=O) groups is 3. The molecule has 16 heavy (non-hydrogen) atoms. The SMILES string of the molecule is NNC(=O)[O][Al]([O]C(=O)NN)[O]C(=O)NN. The third-order valence-electron chi connectivity index (χ3n) is 0.963. The minimum absolute atomic E-state index is 1.16. The van der Waals surface area contributed by atoms with Crippen LogP contribution in [0.2, 0.25) is 0 Å². The van der Waals surface area contributed by atoms with Gasteiger partial charge in [-0.3, -0.25) is 16.3 Å². The Hall–Kier alpha value is -1.78. The molecule has 3 amide bonds. The maximum absolute atomic E-state index is 10.7. The van der Waals surface area contributed by atoms with E-state index in [1.54, 1.807) is 16.3 Å². The molecular formula is C3H9AlN6O6.